The second kappa shape index (κ2) is 6.35. The minimum atomic E-state index is 0.203. The van der Waals surface area contributed by atoms with Gasteiger partial charge in [-0.2, -0.15) is 0 Å². The van der Waals surface area contributed by atoms with Crippen molar-refractivity contribution in [2.45, 2.75) is 25.0 Å². The topological polar surface area (TPSA) is 44.7 Å². The van der Waals surface area contributed by atoms with Crippen molar-refractivity contribution >= 4 is 0 Å². The molecule has 84 valence electrons. The SMILES string of the molecule is CNC(CO)CN1CCC(OC)CC1. The Hall–Kier alpha value is -0.160. The maximum atomic E-state index is 9.04. The smallest absolute Gasteiger partial charge is 0.0597 e. The van der Waals surface area contributed by atoms with Crippen LogP contribution in [0.15, 0.2) is 0 Å². The minimum Gasteiger partial charge on any atom is -0.395 e. The molecule has 1 unspecified atom stereocenters. The van der Waals surface area contributed by atoms with Gasteiger partial charge in [0, 0.05) is 32.8 Å². The molecule has 0 aromatic heterocycles. The third-order valence-electron chi connectivity index (χ3n) is 2.98. The van der Waals surface area contributed by atoms with Crippen LogP contribution in [0.5, 0.6) is 0 Å². The summed E-state index contributed by atoms with van der Waals surface area (Å²) >= 11 is 0. The summed E-state index contributed by atoms with van der Waals surface area (Å²) in [6.45, 7) is 3.30. The number of likely N-dealkylation sites (tertiary alicyclic amines) is 1. The van der Waals surface area contributed by atoms with Crippen LogP contribution in [-0.4, -0.2) is 62.6 Å². The van der Waals surface area contributed by atoms with Gasteiger partial charge < -0.3 is 20.1 Å². The molecule has 0 aliphatic carbocycles. The van der Waals surface area contributed by atoms with E-state index in [4.69, 9.17) is 9.84 Å². The molecule has 1 fully saturated rings. The maximum Gasteiger partial charge on any atom is 0.0597 e. The van der Waals surface area contributed by atoms with Gasteiger partial charge in [-0.3, -0.25) is 0 Å². The number of likely N-dealkylation sites (N-methyl/N-ethyl adjacent to an activating group) is 1. The third kappa shape index (κ3) is 3.53. The highest BCUT2D eigenvalue weighted by atomic mass is 16.5. The lowest BCUT2D eigenvalue weighted by molar-refractivity contribution is 0.0363. The lowest BCUT2D eigenvalue weighted by Gasteiger charge is -2.33. The summed E-state index contributed by atoms with van der Waals surface area (Å²) in [5.41, 5.74) is 0. The summed E-state index contributed by atoms with van der Waals surface area (Å²) in [6.07, 6.45) is 2.66. The highest BCUT2D eigenvalue weighted by Gasteiger charge is 2.20. The number of piperidine rings is 1. The quantitative estimate of drug-likeness (QED) is 0.641. The van der Waals surface area contributed by atoms with Crippen LogP contribution >= 0.6 is 0 Å². The van der Waals surface area contributed by atoms with Gasteiger partial charge in [0.15, 0.2) is 0 Å². The van der Waals surface area contributed by atoms with Crippen molar-refractivity contribution in [2.75, 3.05) is 40.4 Å². The van der Waals surface area contributed by atoms with Crippen molar-refractivity contribution in [3.05, 3.63) is 0 Å². The van der Waals surface area contributed by atoms with Crippen molar-refractivity contribution < 1.29 is 9.84 Å². The second-order valence-electron chi connectivity index (χ2n) is 3.90. The van der Waals surface area contributed by atoms with Crippen LogP contribution in [0.3, 0.4) is 0 Å². The van der Waals surface area contributed by atoms with Crippen molar-refractivity contribution in [1.29, 1.82) is 0 Å². The van der Waals surface area contributed by atoms with E-state index in [1.54, 1.807) is 7.11 Å². The first-order valence-corrected chi connectivity index (χ1v) is 5.33. The molecule has 1 atom stereocenters. The zero-order chi connectivity index (χ0) is 10.4. The normalized spacial score (nSPS) is 22.5. The first kappa shape index (κ1) is 11.9. The molecule has 0 saturated carbocycles. The fourth-order valence-electron chi connectivity index (χ4n) is 1.88. The molecule has 0 amide bonds. The van der Waals surface area contributed by atoms with E-state index in [2.05, 4.69) is 10.2 Å². The highest BCUT2D eigenvalue weighted by molar-refractivity contribution is 4.76. The monoisotopic (exact) mass is 202 g/mol. The fourth-order valence-corrected chi connectivity index (χ4v) is 1.88. The lowest BCUT2D eigenvalue weighted by Crippen LogP contribution is -2.45. The summed E-state index contributed by atoms with van der Waals surface area (Å²) in [5.74, 6) is 0. The molecule has 0 bridgehead atoms. The van der Waals surface area contributed by atoms with Crippen LogP contribution in [0.1, 0.15) is 12.8 Å². The van der Waals surface area contributed by atoms with Gasteiger partial charge in [0.2, 0.25) is 0 Å². The molecule has 0 spiro atoms. The lowest BCUT2D eigenvalue weighted by atomic mass is 10.1. The van der Waals surface area contributed by atoms with Gasteiger partial charge >= 0.3 is 0 Å². The van der Waals surface area contributed by atoms with Crippen LogP contribution < -0.4 is 5.32 Å². The first-order chi connectivity index (χ1) is 6.80. The number of nitrogens with zero attached hydrogens (tertiary/aromatic N) is 1. The molecule has 1 heterocycles. The Bertz CT molecular complexity index is 143. The van der Waals surface area contributed by atoms with Gasteiger partial charge in [0.1, 0.15) is 0 Å². The summed E-state index contributed by atoms with van der Waals surface area (Å²) in [4.78, 5) is 2.38. The predicted octanol–water partition coefficient (Wildman–Crippen LogP) is -0.323. The highest BCUT2D eigenvalue weighted by Crippen LogP contribution is 2.12. The van der Waals surface area contributed by atoms with Crippen molar-refractivity contribution in [3.63, 3.8) is 0 Å². The standard InChI is InChI=1S/C10H22N2O2/c1-11-9(8-13)7-12-5-3-10(14-2)4-6-12/h9-11,13H,3-8H2,1-2H3. The van der Waals surface area contributed by atoms with Crippen molar-refractivity contribution in [3.8, 4) is 0 Å². The summed E-state index contributed by atoms with van der Waals surface area (Å²) < 4.78 is 5.31. The zero-order valence-corrected chi connectivity index (χ0v) is 9.20. The largest absolute Gasteiger partial charge is 0.395 e. The Morgan fingerprint density at radius 3 is 2.57 bits per heavy atom. The van der Waals surface area contributed by atoms with Gasteiger partial charge in [0.25, 0.3) is 0 Å². The van der Waals surface area contributed by atoms with Gasteiger partial charge in [-0.25, -0.2) is 0 Å². The Kier molecular flexibility index (Phi) is 5.40. The average molecular weight is 202 g/mol. The van der Waals surface area contributed by atoms with Crippen LogP contribution in [0.25, 0.3) is 0 Å². The molecule has 1 aliphatic rings. The van der Waals surface area contributed by atoms with Crippen LogP contribution in [0.2, 0.25) is 0 Å². The molecular weight excluding hydrogens is 180 g/mol. The Balaban J connectivity index is 2.21. The van der Waals surface area contributed by atoms with E-state index in [-0.39, 0.29) is 12.6 Å². The summed E-state index contributed by atoms with van der Waals surface area (Å²) in [7, 11) is 3.67. The molecule has 4 heteroatoms. The van der Waals surface area contributed by atoms with E-state index in [1.165, 1.54) is 0 Å². The van der Waals surface area contributed by atoms with E-state index in [0.29, 0.717) is 6.10 Å². The number of aliphatic hydroxyl groups excluding tert-OH is 1. The molecule has 1 aliphatic heterocycles. The Morgan fingerprint density at radius 2 is 2.14 bits per heavy atom. The summed E-state index contributed by atoms with van der Waals surface area (Å²) in [5, 5.41) is 12.1. The maximum absolute atomic E-state index is 9.04. The number of nitrogens with one attached hydrogen (secondary N) is 1. The van der Waals surface area contributed by atoms with E-state index < -0.39 is 0 Å². The third-order valence-corrected chi connectivity index (χ3v) is 2.98. The average Bonchev–Trinajstić information content (AvgIpc) is 2.26. The van der Waals surface area contributed by atoms with Gasteiger partial charge in [0.05, 0.1) is 12.7 Å². The Labute approximate surface area is 86.2 Å². The molecule has 0 aromatic rings. The molecule has 1 rings (SSSR count). The number of aliphatic hydroxyl groups is 1. The molecule has 4 nitrogen and oxygen atoms in total. The number of hydrogen-bond acceptors (Lipinski definition) is 4. The van der Waals surface area contributed by atoms with E-state index in [0.717, 1.165) is 32.5 Å². The molecular formula is C10H22N2O2. The van der Waals surface area contributed by atoms with Gasteiger partial charge in [-0.15, -0.1) is 0 Å². The van der Waals surface area contributed by atoms with Crippen LogP contribution in [0.4, 0.5) is 0 Å². The number of methoxy groups -OCH3 is 1. The first-order valence-electron chi connectivity index (χ1n) is 5.33. The molecule has 14 heavy (non-hydrogen) atoms. The van der Waals surface area contributed by atoms with Crippen molar-refractivity contribution in [2.24, 2.45) is 0 Å². The van der Waals surface area contributed by atoms with E-state index >= 15 is 0 Å². The van der Waals surface area contributed by atoms with Crippen LogP contribution in [0, 0.1) is 0 Å². The molecule has 2 N–H and O–H groups in total. The molecule has 1 saturated heterocycles. The number of rotatable bonds is 5. The number of ether oxygens (including phenoxy) is 1. The molecule has 0 radical (unpaired) electrons. The second-order valence-corrected chi connectivity index (χ2v) is 3.90. The number of hydrogen-bond donors (Lipinski definition) is 2. The summed E-state index contributed by atoms with van der Waals surface area (Å²) in [6, 6.07) is 0.203. The molecule has 0 aromatic carbocycles. The Morgan fingerprint density at radius 1 is 1.50 bits per heavy atom. The predicted molar refractivity (Wildman–Crippen MR) is 56.4 cm³/mol. The van der Waals surface area contributed by atoms with Gasteiger partial charge in [-0.1, -0.05) is 0 Å². The minimum absolute atomic E-state index is 0.203. The van der Waals surface area contributed by atoms with Crippen molar-refractivity contribution in [1.82, 2.24) is 10.2 Å². The van der Waals surface area contributed by atoms with Gasteiger partial charge in [-0.05, 0) is 19.9 Å². The fraction of sp³-hybridized carbons (Fsp3) is 1.00. The van der Waals surface area contributed by atoms with E-state index in [1.807, 2.05) is 7.05 Å². The van der Waals surface area contributed by atoms with Crippen LogP contribution in [-0.2, 0) is 4.74 Å². The zero-order valence-electron chi connectivity index (χ0n) is 9.20. The van der Waals surface area contributed by atoms with E-state index in [9.17, 15) is 0 Å².